The first-order chi connectivity index (χ1) is 15.9. The number of aryl methyl sites for hydroxylation is 1. The van der Waals surface area contributed by atoms with Crippen molar-refractivity contribution in [3.8, 4) is 0 Å². The lowest BCUT2D eigenvalue weighted by Gasteiger charge is -2.28. The van der Waals surface area contributed by atoms with Gasteiger partial charge in [-0.2, -0.15) is 0 Å². The SMILES string of the molecule is Cc1ccc(N2C(=O)c3cccc4c(Nc5ccccc5Cl)c([N+](=O)[O-])cc(c34)C2=O)cc1. The van der Waals surface area contributed by atoms with Crippen molar-refractivity contribution < 1.29 is 14.5 Å². The Morgan fingerprint density at radius 1 is 0.909 bits per heavy atom. The number of nitrogens with one attached hydrogen (secondary N) is 1. The van der Waals surface area contributed by atoms with Crippen molar-refractivity contribution in [1.29, 1.82) is 0 Å². The van der Waals surface area contributed by atoms with Crippen LogP contribution >= 0.6 is 11.6 Å². The molecule has 5 rings (SSSR count). The quantitative estimate of drug-likeness (QED) is 0.222. The minimum atomic E-state index is -0.611. The van der Waals surface area contributed by atoms with Gasteiger partial charge in [-0.25, -0.2) is 4.90 Å². The van der Waals surface area contributed by atoms with E-state index in [2.05, 4.69) is 5.32 Å². The summed E-state index contributed by atoms with van der Waals surface area (Å²) < 4.78 is 0. The normalized spacial score (nSPS) is 12.8. The first-order valence-corrected chi connectivity index (χ1v) is 10.5. The van der Waals surface area contributed by atoms with Crippen molar-refractivity contribution in [3.05, 3.63) is 105 Å². The highest BCUT2D eigenvalue weighted by atomic mass is 35.5. The van der Waals surface area contributed by atoms with Crippen LogP contribution in [0.3, 0.4) is 0 Å². The summed E-state index contributed by atoms with van der Waals surface area (Å²) in [5.74, 6) is -1.10. The number of para-hydroxylation sites is 1. The topological polar surface area (TPSA) is 92.6 Å². The minimum absolute atomic E-state index is 0.0946. The second-order valence-corrected chi connectivity index (χ2v) is 8.10. The number of rotatable bonds is 4. The number of carbonyl (C=O) groups excluding carboxylic acids is 2. The van der Waals surface area contributed by atoms with Crippen LogP contribution in [0.25, 0.3) is 10.8 Å². The summed E-state index contributed by atoms with van der Waals surface area (Å²) in [6.45, 7) is 1.90. The van der Waals surface area contributed by atoms with Crippen molar-refractivity contribution in [2.75, 3.05) is 10.2 Å². The smallest absolute Gasteiger partial charge is 0.294 e. The lowest BCUT2D eigenvalue weighted by atomic mass is 9.91. The fourth-order valence-corrected chi connectivity index (χ4v) is 4.23. The zero-order valence-electron chi connectivity index (χ0n) is 17.3. The number of benzene rings is 4. The van der Waals surface area contributed by atoms with Gasteiger partial charge in [0.25, 0.3) is 17.5 Å². The number of carbonyl (C=O) groups is 2. The summed E-state index contributed by atoms with van der Waals surface area (Å²) >= 11 is 6.26. The maximum atomic E-state index is 13.4. The van der Waals surface area contributed by atoms with Gasteiger partial charge < -0.3 is 5.32 Å². The summed E-state index contributed by atoms with van der Waals surface area (Å²) in [5.41, 5.74) is 2.11. The molecule has 0 saturated carbocycles. The zero-order valence-corrected chi connectivity index (χ0v) is 18.1. The van der Waals surface area contributed by atoms with E-state index in [1.54, 1.807) is 66.7 Å². The fraction of sp³-hybridized carbons (Fsp3) is 0.0400. The van der Waals surface area contributed by atoms with Crippen LogP contribution in [0.4, 0.5) is 22.7 Å². The van der Waals surface area contributed by atoms with E-state index in [0.29, 0.717) is 32.7 Å². The van der Waals surface area contributed by atoms with E-state index < -0.39 is 16.7 Å². The molecule has 0 fully saturated rings. The second kappa shape index (κ2) is 7.72. The molecule has 0 saturated heterocycles. The van der Waals surface area contributed by atoms with Gasteiger partial charge in [-0.15, -0.1) is 0 Å². The third kappa shape index (κ3) is 3.30. The number of hydrogen-bond acceptors (Lipinski definition) is 5. The maximum Gasteiger partial charge on any atom is 0.294 e. The molecular weight excluding hydrogens is 442 g/mol. The summed E-state index contributed by atoms with van der Waals surface area (Å²) in [6.07, 6.45) is 0. The molecule has 0 unspecified atom stereocenters. The molecule has 0 atom stereocenters. The number of amides is 2. The largest absolute Gasteiger partial charge is 0.348 e. The Bertz CT molecular complexity index is 1480. The second-order valence-electron chi connectivity index (χ2n) is 7.69. The van der Waals surface area contributed by atoms with Crippen LogP contribution in [0.2, 0.25) is 5.02 Å². The average Bonchev–Trinajstić information content (AvgIpc) is 2.80. The van der Waals surface area contributed by atoms with Crippen LogP contribution in [0.1, 0.15) is 26.3 Å². The van der Waals surface area contributed by atoms with E-state index >= 15 is 0 Å². The molecular formula is C25H16ClN3O4. The molecule has 1 aliphatic heterocycles. The first kappa shape index (κ1) is 20.7. The number of hydrogen-bond donors (Lipinski definition) is 1. The van der Waals surface area contributed by atoms with Gasteiger partial charge in [0.05, 0.1) is 26.9 Å². The molecule has 0 aromatic heterocycles. The molecule has 162 valence electrons. The van der Waals surface area contributed by atoms with Gasteiger partial charge >= 0.3 is 0 Å². The minimum Gasteiger partial charge on any atom is -0.348 e. The Kier molecular flexibility index (Phi) is 4.83. The lowest BCUT2D eigenvalue weighted by Crippen LogP contribution is -2.40. The van der Waals surface area contributed by atoms with Crippen LogP contribution in [-0.4, -0.2) is 16.7 Å². The molecule has 0 radical (unpaired) electrons. The highest BCUT2D eigenvalue weighted by molar-refractivity contribution is 6.37. The summed E-state index contributed by atoms with van der Waals surface area (Å²) in [4.78, 5) is 39.3. The standard InChI is InChI=1S/C25H16ClN3O4/c1-14-9-11-15(12-10-14)28-24(30)17-6-4-5-16-22(17)18(25(28)31)13-21(29(32)33)23(16)27-20-8-3-2-7-19(20)26/h2-13,27H,1H3. The predicted molar refractivity (Wildman–Crippen MR) is 128 cm³/mol. The third-order valence-corrected chi connectivity index (χ3v) is 5.96. The molecule has 8 heteroatoms. The van der Waals surface area contributed by atoms with Crippen LogP contribution < -0.4 is 10.2 Å². The molecule has 4 aromatic carbocycles. The average molecular weight is 458 g/mol. The fourth-order valence-electron chi connectivity index (χ4n) is 4.05. The van der Waals surface area contributed by atoms with E-state index in [1.807, 2.05) is 6.92 Å². The van der Waals surface area contributed by atoms with E-state index in [9.17, 15) is 19.7 Å². The van der Waals surface area contributed by atoms with Crippen LogP contribution in [0.5, 0.6) is 0 Å². The van der Waals surface area contributed by atoms with Crippen molar-refractivity contribution in [2.24, 2.45) is 0 Å². The van der Waals surface area contributed by atoms with Crippen LogP contribution in [0.15, 0.2) is 72.8 Å². The molecule has 33 heavy (non-hydrogen) atoms. The van der Waals surface area contributed by atoms with Crippen molar-refractivity contribution >= 4 is 56.9 Å². The Hall–Kier alpha value is -4.23. The molecule has 2 amide bonds. The number of halogens is 1. The number of imide groups is 1. The van der Waals surface area contributed by atoms with Crippen molar-refractivity contribution in [2.45, 2.75) is 6.92 Å². The Balaban J connectivity index is 1.76. The van der Waals surface area contributed by atoms with Gasteiger partial charge in [0.2, 0.25) is 0 Å². The monoisotopic (exact) mass is 457 g/mol. The summed E-state index contributed by atoms with van der Waals surface area (Å²) in [5, 5.41) is 16.2. The maximum absolute atomic E-state index is 13.4. The highest BCUT2D eigenvalue weighted by Gasteiger charge is 2.37. The third-order valence-electron chi connectivity index (χ3n) is 5.63. The van der Waals surface area contributed by atoms with Gasteiger partial charge in [-0.1, -0.05) is 53.6 Å². The van der Waals surface area contributed by atoms with Crippen molar-refractivity contribution in [1.82, 2.24) is 0 Å². The van der Waals surface area contributed by atoms with E-state index in [4.69, 9.17) is 11.6 Å². The van der Waals surface area contributed by atoms with E-state index in [1.165, 1.54) is 6.07 Å². The Morgan fingerprint density at radius 2 is 1.61 bits per heavy atom. The molecule has 7 nitrogen and oxygen atoms in total. The molecule has 0 aliphatic carbocycles. The summed E-state index contributed by atoms with van der Waals surface area (Å²) in [6, 6.07) is 19.9. The van der Waals surface area contributed by atoms with E-state index in [-0.39, 0.29) is 16.9 Å². The van der Waals surface area contributed by atoms with Gasteiger partial charge in [0.15, 0.2) is 0 Å². The lowest BCUT2D eigenvalue weighted by molar-refractivity contribution is -0.383. The Morgan fingerprint density at radius 3 is 2.30 bits per heavy atom. The molecule has 0 spiro atoms. The van der Waals surface area contributed by atoms with E-state index in [0.717, 1.165) is 10.5 Å². The van der Waals surface area contributed by atoms with Crippen molar-refractivity contribution in [3.63, 3.8) is 0 Å². The number of anilines is 3. The molecule has 0 bridgehead atoms. The molecule has 1 heterocycles. The van der Waals surface area contributed by atoms with Gasteiger partial charge in [0, 0.05) is 22.4 Å². The molecule has 4 aromatic rings. The predicted octanol–water partition coefficient (Wildman–Crippen LogP) is 6.25. The van der Waals surface area contributed by atoms with Crippen LogP contribution in [0, 0.1) is 17.0 Å². The number of nitrogens with zero attached hydrogens (tertiary/aromatic N) is 2. The van der Waals surface area contributed by atoms with Gasteiger partial charge in [0.1, 0.15) is 5.69 Å². The first-order valence-electron chi connectivity index (χ1n) is 10.1. The molecule has 1 N–H and O–H groups in total. The highest BCUT2D eigenvalue weighted by Crippen LogP contribution is 2.43. The zero-order chi connectivity index (χ0) is 23.3. The van der Waals surface area contributed by atoms with Crippen LogP contribution in [-0.2, 0) is 0 Å². The van der Waals surface area contributed by atoms with Gasteiger partial charge in [-0.3, -0.25) is 19.7 Å². The number of nitro groups is 1. The number of nitro benzene ring substituents is 1. The van der Waals surface area contributed by atoms with Gasteiger partial charge in [-0.05, 0) is 37.3 Å². The Labute approximate surface area is 193 Å². The summed E-state index contributed by atoms with van der Waals surface area (Å²) in [7, 11) is 0. The molecule has 1 aliphatic rings.